The van der Waals surface area contributed by atoms with E-state index in [9.17, 15) is 4.79 Å². The van der Waals surface area contributed by atoms with E-state index in [1.165, 1.54) is 0 Å². The number of hydrogen-bond acceptors (Lipinski definition) is 3. The molecular weight excluding hydrogens is 154 g/mol. The van der Waals surface area contributed by atoms with E-state index in [2.05, 4.69) is 5.48 Å². The van der Waals surface area contributed by atoms with Crippen LogP contribution in [0.3, 0.4) is 0 Å². The highest BCUT2D eigenvalue weighted by molar-refractivity contribution is 5.55. The summed E-state index contributed by atoms with van der Waals surface area (Å²) in [5.41, 5.74) is 3.50. The number of aldehydes is 1. The molecule has 1 N–H and O–H groups in total. The minimum atomic E-state index is -0.426. The molecular formula is C9H11NO2. The van der Waals surface area contributed by atoms with Gasteiger partial charge in [0.1, 0.15) is 6.10 Å². The average molecular weight is 165 g/mol. The molecule has 0 radical (unpaired) electrons. The molecule has 12 heavy (non-hydrogen) atoms. The molecule has 1 atom stereocenters. The molecule has 0 saturated heterocycles. The maximum absolute atomic E-state index is 10.2. The van der Waals surface area contributed by atoms with Gasteiger partial charge in [-0.3, -0.25) is 10.3 Å². The van der Waals surface area contributed by atoms with Gasteiger partial charge >= 0.3 is 0 Å². The normalized spacial score (nSPS) is 12.1. The summed E-state index contributed by atoms with van der Waals surface area (Å²) in [4.78, 5) is 15.1. The van der Waals surface area contributed by atoms with Crippen LogP contribution in [0.25, 0.3) is 0 Å². The summed E-state index contributed by atoms with van der Waals surface area (Å²) in [6, 6.07) is 9.40. The van der Waals surface area contributed by atoms with Gasteiger partial charge in [-0.2, -0.15) is 0 Å². The molecule has 1 aromatic rings. The van der Waals surface area contributed by atoms with Crippen LogP contribution in [0.1, 0.15) is 6.92 Å². The summed E-state index contributed by atoms with van der Waals surface area (Å²) >= 11 is 0. The molecule has 0 aliphatic rings. The first-order valence-corrected chi connectivity index (χ1v) is 3.75. The predicted octanol–water partition coefficient (Wildman–Crippen LogP) is 1.62. The van der Waals surface area contributed by atoms with Gasteiger partial charge in [-0.25, -0.2) is 0 Å². The van der Waals surface area contributed by atoms with Crippen molar-refractivity contribution in [1.29, 1.82) is 0 Å². The fourth-order valence-corrected chi connectivity index (χ4v) is 0.695. The van der Waals surface area contributed by atoms with Gasteiger partial charge in [-0.15, -0.1) is 0 Å². The smallest absolute Gasteiger partial charge is 0.151 e. The largest absolute Gasteiger partial charge is 0.300 e. The van der Waals surface area contributed by atoms with Crippen LogP contribution in [0.15, 0.2) is 30.3 Å². The average Bonchev–Trinajstić information content (AvgIpc) is 2.16. The molecule has 0 saturated carbocycles. The van der Waals surface area contributed by atoms with E-state index < -0.39 is 6.10 Å². The Labute approximate surface area is 71.3 Å². The number of nitrogens with one attached hydrogen (secondary N) is 1. The van der Waals surface area contributed by atoms with E-state index in [4.69, 9.17) is 4.84 Å². The van der Waals surface area contributed by atoms with Crippen LogP contribution in [0.2, 0.25) is 0 Å². The van der Waals surface area contributed by atoms with Crippen molar-refractivity contribution in [1.82, 2.24) is 0 Å². The third-order valence-corrected chi connectivity index (χ3v) is 1.33. The molecule has 0 unspecified atom stereocenters. The second-order valence-corrected chi connectivity index (χ2v) is 2.43. The van der Waals surface area contributed by atoms with Crippen LogP contribution in [0, 0.1) is 0 Å². The number of benzene rings is 1. The lowest BCUT2D eigenvalue weighted by Gasteiger charge is -2.07. The highest BCUT2D eigenvalue weighted by atomic mass is 16.7. The van der Waals surface area contributed by atoms with E-state index in [-0.39, 0.29) is 0 Å². The van der Waals surface area contributed by atoms with Crippen LogP contribution in [-0.4, -0.2) is 12.4 Å². The zero-order chi connectivity index (χ0) is 8.81. The Morgan fingerprint density at radius 2 is 2.08 bits per heavy atom. The monoisotopic (exact) mass is 165 g/mol. The molecule has 0 spiro atoms. The molecule has 0 aromatic heterocycles. The zero-order valence-electron chi connectivity index (χ0n) is 6.86. The van der Waals surface area contributed by atoms with Crippen LogP contribution in [0.4, 0.5) is 5.69 Å². The second-order valence-electron chi connectivity index (χ2n) is 2.43. The minimum Gasteiger partial charge on any atom is -0.300 e. The number of para-hydroxylation sites is 1. The topological polar surface area (TPSA) is 38.3 Å². The summed E-state index contributed by atoms with van der Waals surface area (Å²) in [7, 11) is 0. The summed E-state index contributed by atoms with van der Waals surface area (Å²) in [6.07, 6.45) is 0.306. The number of anilines is 1. The number of carbonyl (C=O) groups excluding carboxylic acids is 1. The molecule has 0 aliphatic heterocycles. The Hall–Kier alpha value is -1.35. The summed E-state index contributed by atoms with van der Waals surface area (Å²) < 4.78 is 0. The fourth-order valence-electron chi connectivity index (χ4n) is 0.695. The summed E-state index contributed by atoms with van der Waals surface area (Å²) in [6.45, 7) is 1.67. The lowest BCUT2D eigenvalue weighted by Crippen LogP contribution is -2.13. The Balaban J connectivity index is 2.38. The SMILES string of the molecule is C[C@H](C=O)ONc1ccccc1. The quantitative estimate of drug-likeness (QED) is 0.544. The Bertz CT molecular complexity index is 236. The van der Waals surface area contributed by atoms with Crippen molar-refractivity contribution in [3.8, 4) is 0 Å². The van der Waals surface area contributed by atoms with Gasteiger partial charge in [0.25, 0.3) is 0 Å². The van der Waals surface area contributed by atoms with Gasteiger partial charge in [0, 0.05) is 0 Å². The first-order chi connectivity index (χ1) is 5.83. The first-order valence-electron chi connectivity index (χ1n) is 3.75. The van der Waals surface area contributed by atoms with Crippen LogP contribution >= 0.6 is 0 Å². The van der Waals surface area contributed by atoms with Gasteiger partial charge in [0.2, 0.25) is 0 Å². The van der Waals surface area contributed by atoms with E-state index in [0.29, 0.717) is 0 Å². The number of hydrogen-bond donors (Lipinski definition) is 1. The van der Waals surface area contributed by atoms with Gasteiger partial charge in [0.05, 0.1) is 5.69 Å². The molecule has 0 aliphatic carbocycles. The molecule has 0 amide bonds. The van der Waals surface area contributed by atoms with Gasteiger partial charge in [-0.05, 0) is 19.1 Å². The van der Waals surface area contributed by atoms with Gasteiger partial charge in [-0.1, -0.05) is 18.2 Å². The van der Waals surface area contributed by atoms with Crippen molar-refractivity contribution in [3.05, 3.63) is 30.3 Å². The highest BCUT2D eigenvalue weighted by Gasteiger charge is 1.97. The second kappa shape index (κ2) is 4.51. The van der Waals surface area contributed by atoms with Gasteiger partial charge in [0.15, 0.2) is 6.29 Å². The van der Waals surface area contributed by atoms with Crippen LogP contribution < -0.4 is 5.48 Å². The van der Waals surface area contributed by atoms with E-state index in [1.807, 2.05) is 30.3 Å². The first kappa shape index (κ1) is 8.74. The lowest BCUT2D eigenvalue weighted by atomic mass is 10.3. The third-order valence-electron chi connectivity index (χ3n) is 1.33. The molecule has 3 nitrogen and oxygen atoms in total. The van der Waals surface area contributed by atoms with Crippen LogP contribution in [-0.2, 0) is 9.63 Å². The summed E-state index contributed by atoms with van der Waals surface area (Å²) in [5.74, 6) is 0. The van der Waals surface area contributed by atoms with Crippen molar-refractivity contribution in [3.63, 3.8) is 0 Å². The molecule has 0 fully saturated rings. The Morgan fingerprint density at radius 1 is 1.42 bits per heavy atom. The fraction of sp³-hybridized carbons (Fsp3) is 0.222. The van der Waals surface area contributed by atoms with Crippen molar-refractivity contribution in [2.24, 2.45) is 0 Å². The van der Waals surface area contributed by atoms with Crippen molar-refractivity contribution >= 4 is 12.0 Å². The van der Waals surface area contributed by atoms with Crippen molar-refractivity contribution < 1.29 is 9.63 Å². The Morgan fingerprint density at radius 3 is 2.67 bits per heavy atom. The number of carbonyl (C=O) groups is 1. The Kier molecular flexibility index (Phi) is 3.29. The minimum absolute atomic E-state index is 0.426. The van der Waals surface area contributed by atoms with E-state index in [0.717, 1.165) is 12.0 Å². The number of rotatable bonds is 4. The molecule has 0 heterocycles. The molecule has 1 aromatic carbocycles. The van der Waals surface area contributed by atoms with E-state index in [1.54, 1.807) is 6.92 Å². The maximum atomic E-state index is 10.2. The highest BCUT2D eigenvalue weighted by Crippen LogP contribution is 2.04. The molecule has 0 bridgehead atoms. The predicted molar refractivity (Wildman–Crippen MR) is 46.7 cm³/mol. The third kappa shape index (κ3) is 2.72. The zero-order valence-corrected chi connectivity index (χ0v) is 6.86. The summed E-state index contributed by atoms with van der Waals surface area (Å²) in [5, 5.41) is 0. The van der Waals surface area contributed by atoms with Crippen LogP contribution in [0.5, 0.6) is 0 Å². The van der Waals surface area contributed by atoms with E-state index >= 15 is 0 Å². The van der Waals surface area contributed by atoms with Gasteiger partial charge < -0.3 is 4.79 Å². The van der Waals surface area contributed by atoms with Crippen molar-refractivity contribution in [2.75, 3.05) is 5.48 Å². The van der Waals surface area contributed by atoms with Crippen molar-refractivity contribution in [2.45, 2.75) is 13.0 Å². The lowest BCUT2D eigenvalue weighted by molar-refractivity contribution is -0.115. The molecule has 1 rings (SSSR count). The maximum Gasteiger partial charge on any atom is 0.151 e. The molecule has 3 heteroatoms. The molecule has 64 valence electrons. The standard InChI is InChI=1S/C9H11NO2/c1-8(7-11)12-10-9-5-3-2-4-6-9/h2-8,10H,1H3/t8-/m1/s1.